The van der Waals surface area contributed by atoms with Gasteiger partial charge in [0.15, 0.2) is 0 Å². The lowest BCUT2D eigenvalue weighted by molar-refractivity contribution is 0.419. The van der Waals surface area contributed by atoms with Crippen LogP contribution in [0.5, 0.6) is 5.75 Å². The van der Waals surface area contributed by atoms with E-state index >= 15 is 0 Å². The number of methoxy groups -OCH3 is 1. The molecular weight excluding hydrogens is 198 g/mol. The zero-order chi connectivity index (χ0) is 11.1. The molecule has 2 N–H and O–H groups in total. The van der Waals surface area contributed by atoms with E-state index in [4.69, 9.17) is 10.5 Å². The summed E-state index contributed by atoms with van der Waals surface area (Å²) >= 11 is 0. The quantitative estimate of drug-likeness (QED) is 0.832. The summed E-state index contributed by atoms with van der Waals surface area (Å²) in [5.74, 6) is 1.48. The Labute approximate surface area is 95.0 Å². The van der Waals surface area contributed by atoms with Gasteiger partial charge < -0.3 is 10.5 Å². The first kappa shape index (κ1) is 9.67. The minimum absolute atomic E-state index is 0.344. The first-order chi connectivity index (χ1) is 7.81. The molecule has 0 heterocycles. The van der Waals surface area contributed by atoms with Crippen molar-refractivity contribution in [2.24, 2.45) is 5.73 Å². The van der Waals surface area contributed by atoms with E-state index in [1.54, 1.807) is 7.11 Å². The van der Waals surface area contributed by atoms with E-state index in [2.05, 4.69) is 24.3 Å². The van der Waals surface area contributed by atoms with Crippen LogP contribution in [-0.2, 0) is 0 Å². The van der Waals surface area contributed by atoms with E-state index < -0.39 is 0 Å². The second kappa shape index (κ2) is 3.49. The van der Waals surface area contributed by atoms with Crippen LogP contribution in [0.1, 0.15) is 17.9 Å². The van der Waals surface area contributed by atoms with Gasteiger partial charge in [-0.1, -0.05) is 30.3 Å². The molecule has 3 rings (SSSR count). The van der Waals surface area contributed by atoms with Crippen molar-refractivity contribution in [2.45, 2.75) is 18.4 Å². The highest BCUT2D eigenvalue weighted by atomic mass is 16.5. The van der Waals surface area contributed by atoms with Crippen LogP contribution in [0.15, 0.2) is 36.4 Å². The Morgan fingerprint density at radius 3 is 2.44 bits per heavy atom. The molecule has 82 valence electrons. The molecule has 0 radical (unpaired) electrons. The lowest BCUT2D eigenvalue weighted by atomic mass is 10.00. The highest BCUT2D eigenvalue weighted by Crippen LogP contribution is 2.43. The van der Waals surface area contributed by atoms with Crippen molar-refractivity contribution in [1.82, 2.24) is 0 Å². The number of fused-ring (bicyclic) bond motifs is 1. The molecule has 2 nitrogen and oxygen atoms in total. The highest BCUT2D eigenvalue weighted by Gasteiger charge is 2.35. The summed E-state index contributed by atoms with van der Waals surface area (Å²) < 4.78 is 5.38. The number of hydrogen-bond acceptors (Lipinski definition) is 2. The summed E-state index contributed by atoms with van der Waals surface area (Å²) in [7, 11) is 1.71. The van der Waals surface area contributed by atoms with Crippen LogP contribution >= 0.6 is 0 Å². The third-order valence-corrected chi connectivity index (χ3v) is 3.38. The van der Waals surface area contributed by atoms with E-state index in [9.17, 15) is 0 Å². The number of benzene rings is 2. The molecule has 0 bridgehead atoms. The molecule has 2 atom stereocenters. The monoisotopic (exact) mass is 213 g/mol. The highest BCUT2D eigenvalue weighted by molar-refractivity contribution is 5.91. The maximum Gasteiger partial charge on any atom is 0.126 e. The topological polar surface area (TPSA) is 35.2 Å². The Bertz CT molecular complexity index is 535. The molecule has 0 aliphatic heterocycles. The van der Waals surface area contributed by atoms with Crippen LogP contribution in [-0.4, -0.2) is 13.2 Å². The second-order valence-corrected chi connectivity index (χ2v) is 4.41. The molecule has 1 aliphatic carbocycles. The number of rotatable bonds is 2. The molecule has 1 saturated carbocycles. The van der Waals surface area contributed by atoms with Crippen LogP contribution in [0.3, 0.4) is 0 Å². The summed E-state index contributed by atoms with van der Waals surface area (Å²) in [5.41, 5.74) is 7.29. The van der Waals surface area contributed by atoms with Crippen molar-refractivity contribution in [2.75, 3.05) is 7.11 Å². The summed E-state index contributed by atoms with van der Waals surface area (Å²) in [6.07, 6.45) is 1.11. The minimum atomic E-state index is 0.344. The molecule has 0 aromatic heterocycles. The molecule has 16 heavy (non-hydrogen) atoms. The Hall–Kier alpha value is -1.54. The lowest BCUT2D eigenvalue weighted by Crippen LogP contribution is -2.01. The first-order valence-electron chi connectivity index (χ1n) is 5.62. The van der Waals surface area contributed by atoms with Crippen molar-refractivity contribution in [3.05, 3.63) is 42.0 Å². The maximum absolute atomic E-state index is 5.93. The predicted octanol–water partition coefficient (Wildman–Crippen LogP) is 2.66. The second-order valence-electron chi connectivity index (χ2n) is 4.41. The summed E-state index contributed by atoms with van der Waals surface area (Å²) in [5, 5.41) is 2.46. The fourth-order valence-corrected chi connectivity index (χ4v) is 2.37. The third kappa shape index (κ3) is 1.38. The van der Waals surface area contributed by atoms with Gasteiger partial charge in [-0.25, -0.2) is 0 Å². The number of hydrogen-bond donors (Lipinski definition) is 1. The van der Waals surface area contributed by atoms with Crippen LogP contribution < -0.4 is 10.5 Å². The van der Waals surface area contributed by atoms with E-state index in [-0.39, 0.29) is 0 Å². The minimum Gasteiger partial charge on any atom is -0.496 e. The summed E-state index contributed by atoms with van der Waals surface area (Å²) in [6.45, 7) is 0. The maximum atomic E-state index is 5.93. The number of nitrogens with two attached hydrogens (primary N) is 1. The average molecular weight is 213 g/mol. The molecule has 0 saturated heterocycles. The van der Waals surface area contributed by atoms with Crippen molar-refractivity contribution in [3.63, 3.8) is 0 Å². The van der Waals surface area contributed by atoms with Crippen molar-refractivity contribution >= 4 is 10.8 Å². The Morgan fingerprint density at radius 1 is 1.12 bits per heavy atom. The zero-order valence-electron chi connectivity index (χ0n) is 9.31. The van der Waals surface area contributed by atoms with Crippen molar-refractivity contribution < 1.29 is 4.74 Å². The van der Waals surface area contributed by atoms with Crippen LogP contribution in [0.2, 0.25) is 0 Å². The smallest absolute Gasteiger partial charge is 0.126 e. The average Bonchev–Trinajstić information content (AvgIpc) is 3.05. The lowest BCUT2D eigenvalue weighted by Gasteiger charge is -2.09. The molecule has 2 aromatic carbocycles. The molecule has 2 heteroatoms. The Kier molecular flexibility index (Phi) is 2.11. The van der Waals surface area contributed by atoms with Crippen molar-refractivity contribution in [1.29, 1.82) is 0 Å². The molecule has 1 fully saturated rings. The van der Waals surface area contributed by atoms with E-state index in [1.807, 2.05) is 12.1 Å². The van der Waals surface area contributed by atoms with Crippen molar-refractivity contribution in [3.8, 4) is 5.75 Å². The molecule has 1 aliphatic rings. The summed E-state index contributed by atoms with van der Waals surface area (Å²) in [6, 6.07) is 12.9. The van der Waals surface area contributed by atoms with Gasteiger partial charge in [-0.3, -0.25) is 0 Å². The predicted molar refractivity (Wildman–Crippen MR) is 65.8 cm³/mol. The molecule has 0 amide bonds. The van der Waals surface area contributed by atoms with Gasteiger partial charge in [0, 0.05) is 17.3 Å². The molecule has 2 aromatic rings. The van der Waals surface area contributed by atoms with Gasteiger partial charge in [0.25, 0.3) is 0 Å². The van der Waals surface area contributed by atoms with Crippen LogP contribution in [0.25, 0.3) is 10.8 Å². The van der Waals surface area contributed by atoms with Gasteiger partial charge in [-0.15, -0.1) is 0 Å². The van der Waals surface area contributed by atoms with Gasteiger partial charge in [-0.2, -0.15) is 0 Å². The van der Waals surface area contributed by atoms with Gasteiger partial charge in [-0.05, 0) is 23.4 Å². The van der Waals surface area contributed by atoms with E-state index in [0.717, 1.165) is 12.2 Å². The third-order valence-electron chi connectivity index (χ3n) is 3.38. The SMILES string of the molecule is COc1ccc([C@@H]2C[C@H]2N)c2ccccc12. The standard InChI is InChI=1S/C14H15NO/c1-16-14-7-6-10(12-8-13(12)15)9-4-2-3-5-11(9)14/h2-7,12-13H,8,15H2,1H3/t12-,13+/m0/s1. The summed E-state index contributed by atoms with van der Waals surface area (Å²) in [4.78, 5) is 0. The van der Waals surface area contributed by atoms with Gasteiger partial charge in [0.05, 0.1) is 7.11 Å². The van der Waals surface area contributed by atoms with Gasteiger partial charge in [0.1, 0.15) is 5.75 Å². The van der Waals surface area contributed by atoms with E-state index in [1.165, 1.54) is 16.3 Å². The number of ether oxygens (including phenoxy) is 1. The fourth-order valence-electron chi connectivity index (χ4n) is 2.37. The fraction of sp³-hybridized carbons (Fsp3) is 0.286. The van der Waals surface area contributed by atoms with Gasteiger partial charge >= 0.3 is 0 Å². The zero-order valence-corrected chi connectivity index (χ0v) is 9.31. The first-order valence-corrected chi connectivity index (χ1v) is 5.62. The Balaban J connectivity index is 2.23. The molecule has 0 unspecified atom stereocenters. The largest absolute Gasteiger partial charge is 0.496 e. The van der Waals surface area contributed by atoms with Gasteiger partial charge in [0.2, 0.25) is 0 Å². The van der Waals surface area contributed by atoms with Crippen LogP contribution in [0.4, 0.5) is 0 Å². The van der Waals surface area contributed by atoms with Crippen LogP contribution in [0, 0.1) is 0 Å². The normalized spacial score (nSPS) is 23.4. The molecular formula is C14H15NO. The van der Waals surface area contributed by atoms with E-state index in [0.29, 0.717) is 12.0 Å². The Morgan fingerprint density at radius 2 is 1.81 bits per heavy atom. The molecule has 0 spiro atoms.